The number of primary amides is 1. The Kier molecular flexibility index (Phi) is 1.54. The molecule has 0 unspecified atom stereocenters. The molecule has 1 aliphatic heterocycles. The van der Waals surface area contributed by atoms with Gasteiger partial charge in [-0.1, -0.05) is 0 Å². The first-order valence-corrected chi connectivity index (χ1v) is 3.79. The second-order valence-electron chi connectivity index (χ2n) is 2.81. The van der Waals surface area contributed by atoms with E-state index >= 15 is 0 Å². The zero-order valence-electron chi connectivity index (χ0n) is 6.78. The van der Waals surface area contributed by atoms with Gasteiger partial charge in [-0.2, -0.15) is 0 Å². The van der Waals surface area contributed by atoms with Crippen molar-refractivity contribution in [2.24, 2.45) is 5.73 Å². The van der Waals surface area contributed by atoms with E-state index < -0.39 is 5.91 Å². The monoisotopic (exact) mass is 180 g/mol. The Balaban J connectivity index is 2.44. The third-order valence-corrected chi connectivity index (χ3v) is 1.95. The summed E-state index contributed by atoms with van der Waals surface area (Å²) in [7, 11) is 0. The first-order valence-electron chi connectivity index (χ1n) is 3.79. The molecule has 0 spiro atoms. The number of hydrogen-bond donors (Lipinski definition) is 2. The van der Waals surface area contributed by atoms with Crippen LogP contribution in [0.1, 0.15) is 16.2 Å². The van der Waals surface area contributed by atoms with Gasteiger partial charge in [0, 0.05) is 0 Å². The van der Waals surface area contributed by atoms with Crippen LogP contribution in [-0.4, -0.2) is 21.4 Å². The lowest BCUT2D eigenvalue weighted by molar-refractivity contribution is -0.122. The summed E-state index contributed by atoms with van der Waals surface area (Å²) in [6.45, 7) is 0.521. The van der Waals surface area contributed by atoms with Gasteiger partial charge in [0.1, 0.15) is 6.54 Å². The smallest absolute Gasteiger partial charge is 0.269 e. The molecule has 0 bridgehead atoms. The highest BCUT2D eigenvalue weighted by Gasteiger charge is 2.20. The Labute approximate surface area is 73.7 Å². The molecule has 0 aliphatic carbocycles. The molecule has 1 aliphatic rings. The molecule has 0 atom stereocenters. The predicted octanol–water partition coefficient (Wildman–Crippen LogP) is -1.39. The zero-order valence-corrected chi connectivity index (χ0v) is 6.78. The summed E-state index contributed by atoms with van der Waals surface area (Å²) in [5, 5.41) is 2.61. The molecule has 3 N–H and O–H groups in total. The van der Waals surface area contributed by atoms with E-state index in [9.17, 15) is 9.59 Å². The predicted molar refractivity (Wildman–Crippen MR) is 42.6 cm³/mol. The third-order valence-electron chi connectivity index (χ3n) is 1.95. The van der Waals surface area contributed by atoms with Gasteiger partial charge < -0.3 is 15.6 Å². The van der Waals surface area contributed by atoms with E-state index in [0.29, 0.717) is 12.2 Å². The van der Waals surface area contributed by atoms with E-state index in [1.807, 2.05) is 0 Å². The van der Waals surface area contributed by atoms with Crippen molar-refractivity contribution < 1.29 is 9.59 Å². The van der Waals surface area contributed by atoms with Crippen LogP contribution in [0, 0.1) is 0 Å². The lowest BCUT2D eigenvalue weighted by Gasteiger charge is -2.15. The molecule has 1 aromatic rings. The SMILES string of the molecule is NC(=O)c1ncn2c1CNC(=O)C2. The number of nitrogens with one attached hydrogen (secondary N) is 1. The molecule has 0 saturated carbocycles. The summed E-state index contributed by atoms with van der Waals surface area (Å²) < 4.78 is 1.62. The van der Waals surface area contributed by atoms with Crippen molar-refractivity contribution in [3.8, 4) is 0 Å². The lowest BCUT2D eigenvalue weighted by atomic mass is 10.2. The van der Waals surface area contributed by atoms with Gasteiger partial charge in [0.15, 0.2) is 5.69 Å². The minimum absolute atomic E-state index is 0.0825. The van der Waals surface area contributed by atoms with E-state index in [4.69, 9.17) is 5.73 Å². The molecule has 0 fully saturated rings. The Morgan fingerprint density at radius 2 is 2.46 bits per heavy atom. The lowest BCUT2D eigenvalue weighted by Crippen LogP contribution is -2.34. The zero-order chi connectivity index (χ0) is 9.42. The van der Waals surface area contributed by atoms with Gasteiger partial charge in [-0.15, -0.1) is 0 Å². The number of hydrogen-bond acceptors (Lipinski definition) is 3. The van der Waals surface area contributed by atoms with Crippen molar-refractivity contribution in [2.45, 2.75) is 13.1 Å². The molecule has 0 aromatic carbocycles. The molecule has 6 nitrogen and oxygen atoms in total. The second kappa shape index (κ2) is 2.58. The topological polar surface area (TPSA) is 90.0 Å². The molecule has 2 rings (SSSR count). The fourth-order valence-electron chi connectivity index (χ4n) is 1.33. The van der Waals surface area contributed by atoms with Crippen molar-refractivity contribution in [3.63, 3.8) is 0 Å². The van der Waals surface area contributed by atoms with Gasteiger partial charge in [-0.25, -0.2) is 4.98 Å². The standard InChI is InChI=1S/C7H8N4O2/c8-7(13)6-4-1-9-5(12)2-11(4)3-10-6/h3H,1-2H2,(H2,8,13)(H,9,12). The summed E-state index contributed by atoms with van der Waals surface area (Å²) in [6.07, 6.45) is 1.45. The van der Waals surface area contributed by atoms with Crippen LogP contribution >= 0.6 is 0 Å². The summed E-state index contributed by atoms with van der Waals surface area (Å²) >= 11 is 0. The molecule has 2 amide bonds. The largest absolute Gasteiger partial charge is 0.364 e. The Bertz CT molecular complexity index is 382. The molecule has 0 saturated heterocycles. The molecular weight excluding hydrogens is 172 g/mol. The molecular formula is C7H8N4O2. The number of nitrogens with zero attached hydrogens (tertiary/aromatic N) is 2. The van der Waals surface area contributed by atoms with Crippen LogP contribution in [0.5, 0.6) is 0 Å². The van der Waals surface area contributed by atoms with E-state index in [0.717, 1.165) is 0 Å². The van der Waals surface area contributed by atoms with E-state index in [-0.39, 0.29) is 18.1 Å². The van der Waals surface area contributed by atoms with Gasteiger partial charge in [-0.3, -0.25) is 9.59 Å². The van der Waals surface area contributed by atoms with E-state index in [2.05, 4.69) is 10.3 Å². The van der Waals surface area contributed by atoms with Gasteiger partial charge in [0.2, 0.25) is 5.91 Å². The Morgan fingerprint density at radius 3 is 3.15 bits per heavy atom. The first kappa shape index (κ1) is 7.78. The van der Waals surface area contributed by atoms with Crippen molar-refractivity contribution in [2.75, 3.05) is 0 Å². The Hall–Kier alpha value is -1.85. The van der Waals surface area contributed by atoms with Gasteiger partial charge in [0.25, 0.3) is 5.91 Å². The van der Waals surface area contributed by atoms with Gasteiger partial charge in [-0.05, 0) is 0 Å². The van der Waals surface area contributed by atoms with E-state index in [1.165, 1.54) is 6.33 Å². The average Bonchev–Trinajstić information content (AvgIpc) is 2.46. The van der Waals surface area contributed by atoms with Crippen molar-refractivity contribution in [1.29, 1.82) is 0 Å². The van der Waals surface area contributed by atoms with Crippen LogP contribution in [-0.2, 0) is 17.9 Å². The summed E-state index contributed by atoms with van der Waals surface area (Å²) in [5.41, 5.74) is 6.00. The van der Waals surface area contributed by atoms with Crippen LogP contribution in [0.15, 0.2) is 6.33 Å². The number of carbonyl (C=O) groups is 2. The number of rotatable bonds is 1. The van der Waals surface area contributed by atoms with Crippen molar-refractivity contribution in [3.05, 3.63) is 17.7 Å². The number of aromatic nitrogens is 2. The maximum absolute atomic E-state index is 10.9. The summed E-state index contributed by atoms with van der Waals surface area (Å²) in [5.74, 6) is -0.647. The van der Waals surface area contributed by atoms with Crippen LogP contribution < -0.4 is 11.1 Å². The summed E-state index contributed by atoms with van der Waals surface area (Å²) in [4.78, 5) is 25.6. The minimum Gasteiger partial charge on any atom is -0.364 e. The quantitative estimate of drug-likeness (QED) is 0.557. The molecule has 0 radical (unpaired) electrons. The van der Waals surface area contributed by atoms with Crippen molar-refractivity contribution >= 4 is 11.8 Å². The third kappa shape index (κ3) is 1.16. The van der Waals surface area contributed by atoms with E-state index in [1.54, 1.807) is 4.57 Å². The molecule has 13 heavy (non-hydrogen) atoms. The number of amides is 2. The van der Waals surface area contributed by atoms with Crippen LogP contribution in [0.25, 0.3) is 0 Å². The fraction of sp³-hybridized carbons (Fsp3) is 0.286. The highest BCUT2D eigenvalue weighted by molar-refractivity contribution is 5.92. The number of imidazole rings is 1. The van der Waals surface area contributed by atoms with Crippen molar-refractivity contribution in [1.82, 2.24) is 14.9 Å². The molecule has 2 heterocycles. The maximum atomic E-state index is 10.9. The van der Waals surface area contributed by atoms with Gasteiger partial charge in [0.05, 0.1) is 18.6 Å². The maximum Gasteiger partial charge on any atom is 0.269 e. The number of carbonyl (C=O) groups excluding carboxylic acids is 2. The molecule has 6 heteroatoms. The van der Waals surface area contributed by atoms with Crippen LogP contribution in [0.2, 0.25) is 0 Å². The van der Waals surface area contributed by atoms with Gasteiger partial charge >= 0.3 is 0 Å². The van der Waals surface area contributed by atoms with Crippen LogP contribution in [0.3, 0.4) is 0 Å². The normalized spacial score (nSPS) is 14.9. The molecule has 1 aromatic heterocycles. The first-order chi connectivity index (χ1) is 6.18. The highest BCUT2D eigenvalue weighted by atomic mass is 16.2. The van der Waals surface area contributed by atoms with Crippen LogP contribution in [0.4, 0.5) is 0 Å². The molecule has 68 valence electrons. The highest BCUT2D eigenvalue weighted by Crippen LogP contribution is 2.09. The second-order valence-corrected chi connectivity index (χ2v) is 2.81. The minimum atomic E-state index is -0.565. The number of nitrogens with two attached hydrogens (primary N) is 1. The summed E-state index contributed by atoms with van der Waals surface area (Å²) in [6, 6.07) is 0. The fourth-order valence-corrected chi connectivity index (χ4v) is 1.33. The number of fused-ring (bicyclic) bond motifs is 1. The average molecular weight is 180 g/mol. The Morgan fingerprint density at radius 1 is 1.69 bits per heavy atom.